The molecule has 4 atom stereocenters. The summed E-state index contributed by atoms with van der Waals surface area (Å²) in [5.41, 5.74) is 2.22. The molecule has 2 aliphatic heterocycles. The molecule has 0 amide bonds. The molecule has 1 aromatic rings. The maximum absolute atomic E-state index is 10.4. The minimum absolute atomic E-state index is 0.0220. The zero-order chi connectivity index (χ0) is 15.7. The predicted octanol–water partition coefficient (Wildman–Crippen LogP) is 3.39. The van der Waals surface area contributed by atoms with E-state index in [0.717, 1.165) is 25.1 Å². The predicted molar refractivity (Wildman–Crippen MR) is 87.5 cm³/mol. The van der Waals surface area contributed by atoms with Crippen molar-refractivity contribution >= 4 is 0 Å². The number of likely N-dealkylation sites (tertiary alicyclic amines) is 1. The molecule has 0 saturated carbocycles. The van der Waals surface area contributed by atoms with E-state index in [4.69, 9.17) is 4.74 Å². The van der Waals surface area contributed by atoms with Gasteiger partial charge in [-0.2, -0.15) is 0 Å². The maximum atomic E-state index is 10.4. The van der Waals surface area contributed by atoms with E-state index < -0.39 is 0 Å². The molecule has 0 bridgehead atoms. The first-order valence-electron chi connectivity index (χ1n) is 8.30. The van der Waals surface area contributed by atoms with Crippen LogP contribution in [0, 0.1) is 12.8 Å². The fraction of sp³-hybridized carbons (Fsp3) is 0.579. The summed E-state index contributed by atoms with van der Waals surface area (Å²) in [7, 11) is 2.21. The van der Waals surface area contributed by atoms with Gasteiger partial charge in [0.15, 0.2) is 11.5 Å². The van der Waals surface area contributed by atoms with Crippen LogP contribution in [0.2, 0.25) is 0 Å². The third-order valence-electron chi connectivity index (χ3n) is 6.56. The van der Waals surface area contributed by atoms with Crippen molar-refractivity contribution in [3.63, 3.8) is 0 Å². The molecule has 1 saturated heterocycles. The summed E-state index contributed by atoms with van der Waals surface area (Å²) in [6, 6.07) is 4.28. The molecule has 1 aromatic carbocycles. The van der Waals surface area contributed by atoms with Crippen molar-refractivity contribution in [2.45, 2.75) is 50.7 Å². The first-order chi connectivity index (χ1) is 10.4. The molecular formula is C19H25NO2. The van der Waals surface area contributed by atoms with Gasteiger partial charge in [0.1, 0.15) is 5.60 Å². The van der Waals surface area contributed by atoms with Gasteiger partial charge in [0.05, 0.1) is 0 Å². The average molecular weight is 299 g/mol. The van der Waals surface area contributed by atoms with Gasteiger partial charge in [-0.05, 0) is 52.4 Å². The van der Waals surface area contributed by atoms with Gasteiger partial charge in [0, 0.05) is 29.4 Å². The van der Waals surface area contributed by atoms with Gasteiger partial charge < -0.3 is 14.7 Å². The largest absolute Gasteiger partial charge is 0.504 e. The zero-order valence-electron chi connectivity index (χ0n) is 13.9. The van der Waals surface area contributed by atoms with Gasteiger partial charge in [-0.25, -0.2) is 0 Å². The van der Waals surface area contributed by atoms with E-state index in [1.165, 1.54) is 11.1 Å². The Morgan fingerprint density at radius 1 is 1.36 bits per heavy atom. The molecule has 0 aromatic heterocycles. The minimum atomic E-state index is -0.256. The Morgan fingerprint density at radius 2 is 2.14 bits per heavy atom. The van der Waals surface area contributed by atoms with Crippen LogP contribution in [-0.2, 0) is 5.41 Å². The van der Waals surface area contributed by atoms with Gasteiger partial charge in [-0.1, -0.05) is 18.2 Å². The second-order valence-corrected chi connectivity index (χ2v) is 7.54. The summed E-state index contributed by atoms with van der Waals surface area (Å²) in [4.78, 5) is 2.45. The lowest BCUT2D eigenvalue weighted by Crippen LogP contribution is -2.63. The Labute approximate surface area is 132 Å². The molecule has 0 radical (unpaired) electrons. The number of benzene rings is 1. The van der Waals surface area contributed by atoms with Crippen LogP contribution in [0.1, 0.15) is 37.8 Å². The summed E-state index contributed by atoms with van der Waals surface area (Å²) in [5.74, 6) is 1.44. The van der Waals surface area contributed by atoms with E-state index in [2.05, 4.69) is 44.9 Å². The molecule has 1 N–H and O–H groups in total. The van der Waals surface area contributed by atoms with E-state index in [1.807, 2.05) is 6.07 Å². The molecule has 1 spiro atoms. The van der Waals surface area contributed by atoms with E-state index in [1.54, 1.807) is 6.07 Å². The van der Waals surface area contributed by atoms with Gasteiger partial charge in [0.25, 0.3) is 0 Å². The minimum Gasteiger partial charge on any atom is -0.504 e. The molecule has 1 fully saturated rings. The number of ether oxygens (including phenoxy) is 1. The van der Waals surface area contributed by atoms with Crippen LogP contribution in [0.15, 0.2) is 24.3 Å². The molecule has 22 heavy (non-hydrogen) atoms. The van der Waals surface area contributed by atoms with Crippen molar-refractivity contribution in [1.29, 1.82) is 0 Å². The van der Waals surface area contributed by atoms with Crippen LogP contribution in [-0.4, -0.2) is 35.2 Å². The Hall–Kier alpha value is -1.48. The van der Waals surface area contributed by atoms with Gasteiger partial charge in [0.2, 0.25) is 0 Å². The highest BCUT2D eigenvalue weighted by molar-refractivity contribution is 5.60. The standard InChI is InChI=1S/C19H25NO2/c1-12-7-8-15(21)17-16(12)19-10-11-20(4)13(2)14(19)6-5-9-18(19,3)22-17/h5-8,13-14,21H,9-11H2,1-4H3/t13-,14+,18+,19+/m1/s1. The lowest BCUT2D eigenvalue weighted by molar-refractivity contribution is -0.0463. The number of phenolic OH excluding ortho intramolecular Hbond substituents is 1. The average Bonchev–Trinajstić information content (AvgIpc) is 2.77. The third kappa shape index (κ3) is 1.45. The highest BCUT2D eigenvalue weighted by Gasteiger charge is 2.64. The molecule has 2 heterocycles. The number of phenols is 1. The summed E-state index contributed by atoms with van der Waals surface area (Å²) in [6.45, 7) is 7.78. The smallest absolute Gasteiger partial charge is 0.166 e. The van der Waals surface area contributed by atoms with Gasteiger partial charge >= 0.3 is 0 Å². The van der Waals surface area contributed by atoms with Gasteiger partial charge in [-0.15, -0.1) is 0 Å². The third-order valence-corrected chi connectivity index (χ3v) is 6.56. The molecule has 118 valence electrons. The van der Waals surface area contributed by atoms with Crippen LogP contribution in [0.4, 0.5) is 0 Å². The lowest BCUT2D eigenvalue weighted by Gasteiger charge is -2.56. The van der Waals surface area contributed by atoms with Crippen molar-refractivity contribution in [1.82, 2.24) is 4.90 Å². The normalized spacial score (nSPS) is 39.8. The van der Waals surface area contributed by atoms with E-state index >= 15 is 0 Å². The van der Waals surface area contributed by atoms with Crippen molar-refractivity contribution < 1.29 is 9.84 Å². The summed E-state index contributed by atoms with van der Waals surface area (Å²) in [5, 5.41) is 10.4. The molecule has 1 aliphatic carbocycles. The Kier molecular flexibility index (Phi) is 2.75. The highest BCUT2D eigenvalue weighted by Crippen LogP contribution is 2.63. The molecule has 4 rings (SSSR count). The van der Waals surface area contributed by atoms with Crippen LogP contribution in [0.25, 0.3) is 0 Å². The second kappa shape index (κ2) is 4.29. The van der Waals surface area contributed by atoms with Crippen LogP contribution < -0.4 is 4.74 Å². The Balaban J connectivity index is 2.01. The number of piperidine rings is 1. The number of hydrogen-bond acceptors (Lipinski definition) is 3. The van der Waals surface area contributed by atoms with Crippen molar-refractivity contribution in [3.8, 4) is 11.5 Å². The van der Waals surface area contributed by atoms with Crippen molar-refractivity contribution in [3.05, 3.63) is 35.4 Å². The molecular weight excluding hydrogens is 274 g/mol. The number of aryl methyl sites for hydroxylation is 1. The van der Waals surface area contributed by atoms with E-state index in [9.17, 15) is 5.11 Å². The summed E-state index contributed by atoms with van der Waals surface area (Å²) in [6.07, 6.45) is 6.66. The van der Waals surface area contributed by atoms with Crippen molar-refractivity contribution in [2.75, 3.05) is 13.6 Å². The number of rotatable bonds is 0. The van der Waals surface area contributed by atoms with Crippen LogP contribution >= 0.6 is 0 Å². The van der Waals surface area contributed by atoms with Crippen molar-refractivity contribution in [2.24, 2.45) is 5.92 Å². The number of hydrogen-bond donors (Lipinski definition) is 1. The maximum Gasteiger partial charge on any atom is 0.166 e. The number of nitrogens with zero attached hydrogens (tertiary/aromatic N) is 1. The monoisotopic (exact) mass is 299 g/mol. The number of aromatic hydroxyl groups is 1. The summed E-state index contributed by atoms with van der Waals surface area (Å²) >= 11 is 0. The first kappa shape index (κ1) is 14.1. The quantitative estimate of drug-likeness (QED) is 0.745. The van der Waals surface area contributed by atoms with E-state index in [0.29, 0.717) is 12.0 Å². The molecule has 3 heteroatoms. The van der Waals surface area contributed by atoms with Crippen LogP contribution in [0.3, 0.4) is 0 Å². The lowest BCUT2D eigenvalue weighted by atomic mass is 9.53. The van der Waals surface area contributed by atoms with E-state index in [-0.39, 0.29) is 16.8 Å². The fourth-order valence-electron chi connectivity index (χ4n) is 5.21. The molecule has 0 unspecified atom stereocenters. The molecule has 3 aliphatic rings. The molecule has 3 nitrogen and oxygen atoms in total. The van der Waals surface area contributed by atoms with Gasteiger partial charge in [-0.3, -0.25) is 0 Å². The Morgan fingerprint density at radius 3 is 2.91 bits per heavy atom. The number of fused-ring (bicyclic) bond motifs is 1. The zero-order valence-corrected chi connectivity index (χ0v) is 13.9. The van der Waals surface area contributed by atoms with Crippen LogP contribution in [0.5, 0.6) is 11.5 Å². The topological polar surface area (TPSA) is 32.7 Å². The highest BCUT2D eigenvalue weighted by atomic mass is 16.5. The second-order valence-electron chi connectivity index (χ2n) is 7.54. The SMILES string of the molecule is Cc1ccc(O)c2c1[C@]13CCN(C)[C@H](C)[C@@H]1C=CC[C@]3(C)O2. The fourth-order valence-corrected chi connectivity index (χ4v) is 5.21. The first-order valence-corrected chi connectivity index (χ1v) is 8.30. The Bertz CT molecular complexity index is 668. The summed E-state index contributed by atoms with van der Waals surface area (Å²) < 4.78 is 6.43.